The van der Waals surface area contributed by atoms with E-state index < -0.39 is 22.2 Å². The van der Waals surface area contributed by atoms with Crippen LogP contribution in [0.4, 0.5) is 0 Å². The minimum atomic E-state index is -1.52. The zero-order valence-electron chi connectivity index (χ0n) is 15.3. The number of fused-ring (bicyclic) bond motifs is 2. The second-order valence-electron chi connectivity index (χ2n) is 7.57. The molecule has 1 saturated heterocycles. The van der Waals surface area contributed by atoms with Gasteiger partial charge in [0.1, 0.15) is 5.84 Å². The van der Waals surface area contributed by atoms with Crippen molar-refractivity contribution < 1.29 is 9.47 Å². The first-order valence-electron chi connectivity index (χ1n) is 9.15. The van der Waals surface area contributed by atoms with Gasteiger partial charge in [0, 0.05) is 5.41 Å². The van der Waals surface area contributed by atoms with Gasteiger partial charge in [0.15, 0.2) is 10.8 Å². The second kappa shape index (κ2) is 5.20. The Bertz CT molecular complexity index is 1080. The number of nitrogens with two attached hydrogens (primary N) is 1. The summed E-state index contributed by atoms with van der Waals surface area (Å²) in [6.07, 6.45) is 0. The van der Waals surface area contributed by atoms with Gasteiger partial charge in [-0.3, -0.25) is 0 Å². The summed E-state index contributed by atoms with van der Waals surface area (Å²) in [6.45, 7) is 2.50. The van der Waals surface area contributed by atoms with Gasteiger partial charge in [-0.2, -0.15) is 10.5 Å². The Labute approximate surface area is 162 Å². The number of rotatable bonds is 2. The van der Waals surface area contributed by atoms with E-state index in [1.165, 1.54) is 0 Å². The first-order valence-corrected chi connectivity index (χ1v) is 9.15. The largest absolute Gasteiger partial charge is 0.386 e. The summed E-state index contributed by atoms with van der Waals surface area (Å²) >= 11 is 0. The molecule has 1 aliphatic carbocycles. The Hall–Kier alpha value is -3.19. The highest BCUT2D eigenvalue weighted by molar-refractivity contribution is 6.02. The normalized spacial score (nSPS) is 34.3. The Morgan fingerprint density at radius 1 is 0.929 bits per heavy atom. The van der Waals surface area contributed by atoms with Gasteiger partial charge >= 0.3 is 0 Å². The smallest absolute Gasteiger partial charge is 0.293 e. The Balaban J connectivity index is 1.65. The molecule has 1 spiro atoms. The predicted octanol–water partition coefficient (Wildman–Crippen LogP) is 2.72. The first kappa shape index (κ1) is 16.9. The monoisotopic (exact) mass is 370 g/mol. The molecule has 1 saturated carbocycles. The summed E-state index contributed by atoms with van der Waals surface area (Å²) in [4.78, 5) is 4.33. The summed E-state index contributed by atoms with van der Waals surface area (Å²) in [5, 5.41) is 20.4. The van der Waals surface area contributed by atoms with Crippen LogP contribution < -0.4 is 5.73 Å². The van der Waals surface area contributed by atoms with Gasteiger partial charge in [-0.1, -0.05) is 61.5 Å². The van der Waals surface area contributed by atoms with E-state index in [4.69, 9.17) is 15.2 Å². The number of ether oxygens (including phenoxy) is 2. The van der Waals surface area contributed by atoms with Crippen LogP contribution in [0.15, 0.2) is 59.6 Å². The van der Waals surface area contributed by atoms with Crippen LogP contribution in [0.2, 0.25) is 0 Å². The van der Waals surface area contributed by atoms with E-state index in [2.05, 4.69) is 17.1 Å². The fraction of sp³-hybridized carbons (Fsp3) is 0.318. The molecule has 0 radical (unpaired) electrons. The van der Waals surface area contributed by atoms with E-state index in [1.54, 1.807) is 0 Å². The summed E-state index contributed by atoms with van der Waals surface area (Å²) in [5.74, 6) is -1.41. The van der Waals surface area contributed by atoms with Crippen molar-refractivity contribution in [2.24, 2.45) is 21.6 Å². The Kier molecular flexibility index (Phi) is 3.15. The van der Waals surface area contributed by atoms with Gasteiger partial charge in [0.25, 0.3) is 5.91 Å². The highest BCUT2D eigenvalue weighted by Crippen LogP contribution is 2.85. The Morgan fingerprint density at radius 2 is 1.54 bits per heavy atom. The first-order chi connectivity index (χ1) is 13.5. The van der Waals surface area contributed by atoms with Gasteiger partial charge in [-0.05, 0) is 16.7 Å². The lowest BCUT2D eigenvalue weighted by atomic mass is 9.84. The van der Waals surface area contributed by atoms with Crippen molar-refractivity contribution in [3.05, 3.63) is 60.2 Å². The van der Waals surface area contributed by atoms with Crippen LogP contribution in [0.1, 0.15) is 12.5 Å². The minimum absolute atomic E-state index is 0.105. The molecule has 2 aromatic rings. The number of amidine groups is 1. The van der Waals surface area contributed by atoms with E-state index >= 15 is 0 Å². The average molecular weight is 370 g/mol. The van der Waals surface area contributed by atoms with Gasteiger partial charge in [-0.25, -0.2) is 4.99 Å². The average Bonchev–Trinajstić information content (AvgIpc) is 3.00. The molecule has 3 aliphatic rings. The highest BCUT2D eigenvalue weighted by atomic mass is 16.8. The number of hydrogen-bond donors (Lipinski definition) is 1. The van der Waals surface area contributed by atoms with Gasteiger partial charge < -0.3 is 15.2 Å². The van der Waals surface area contributed by atoms with Crippen LogP contribution in [-0.4, -0.2) is 25.0 Å². The van der Waals surface area contributed by atoms with E-state index in [1.807, 2.05) is 61.5 Å². The SMILES string of the molecule is C[C@]1(c2ccc(-c3ccccc3)cc2)[C@]2(C#N)C(N)=NC3(OCCO3)[C@@]21C#N. The molecule has 0 unspecified atom stereocenters. The summed E-state index contributed by atoms with van der Waals surface area (Å²) in [5.41, 5.74) is 5.72. The zero-order chi connectivity index (χ0) is 19.6. The van der Waals surface area contributed by atoms with Gasteiger partial charge in [0.2, 0.25) is 0 Å². The third kappa shape index (κ3) is 1.51. The minimum Gasteiger partial charge on any atom is -0.386 e. The van der Waals surface area contributed by atoms with Crippen molar-refractivity contribution >= 4 is 5.84 Å². The van der Waals surface area contributed by atoms with Crippen LogP contribution in [0.5, 0.6) is 0 Å². The topological polar surface area (TPSA) is 104 Å². The lowest BCUT2D eigenvalue weighted by Gasteiger charge is -2.29. The van der Waals surface area contributed by atoms with Crippen molar-refractivity contribution in [2.45, 2.75) is 18.2 Å². The molecule has 0 aromatic heterocycles. The van der Waals surface area contributed by atoms with Crippen molar-refractivity contribution in [2.75, 3.05) is 13.2 Å². The third-order valence-electron chi connectivity index (χ3n) is 6.71. The van der Waals surface area contributed by atoms with Crippen molar-refractivity contribution in [1.82, 2.24) is 0 Å². The number of hydrogen-bond acceptors (Lipinski definition) is 6. The molecule has 2 aliphatic heterocycles. The molecule has 0 amide bonds. The molecule has 2 fully saturated rings. The fourth-order valence-corrected chi connectivity index (χ4v) is 5.31. The summed E-state index contributed by atoms with van der Waals surface area (Å²) < 4.78 is 11.6. The molecule has 138 valence electrons. The maximum Gasteiger partial charge on any atom is 0.293 e. The molecular formula is C22H18N4O2. The Morgan fingerprint density at radius 3 is 2.11 bits per heavy atom. The van der Waals surface area contributed by atoms with Gasteiger partial charge in [0.05, 0.1) is 25.4 Å². The number of benzene rings is 2. The molecule has 6 heteroatoms. The molecule has 6 nitrogen and oxygen atoms in total. The number of nitrogens with zero attached hydrogens (tertiary/aromatic N) is 3. The molecule has 2 heterocycles. The third-order valence-corrected chi connectivity index (χ3v) is 6.71. The van der Waals surface area contributed by atoms with E-state index in [9.17, 15) is 10.5 Å². The fourth-order valence-electron chi connectivity index (χ4n) is 5.31. The lowest BCUT2D eigenvalue weighted by molar-refractivity contribution is -0.187. The van der Waals surface area contributed by atoms with Crippen LogP contribution in [0, 0.1) is 33.5 Å². The standard InChI is InChI=1S/C22H18N4O2/c1-19(17-9-7-16(8-10-17)15-5-3-2-4-6-15)20(13-23)18(25)26-22(21(19,20)14-24)27-11-12-28-22/h2-10H,11-12H2,1H3,(H2,25,26)/t19-,20-,21+/m0/s1. The molecule has 3 atom stereocenters. The van der Waals surface area contributed by atoms with Crippen molar-refractivity contribution in [3.63, 3.8) is 0 Å². The molecule has 0 bridgehead atoms. The molecule has 2 N–H and O–H groups in total. The lowest BCUT2D eigenvalue weighted by Crippen LogP contribution is -2.42. The van der Waals surface area contributed by atoms with E-state index in [-0.39, 0.29) is 5.84 Å². The zero-order valence-corrected chi connectivity index (χ0v) is 15.3. The van der Waals surface area contributed by atoms with Crippen LogP contribution in [-0.2, 0) is 14.9 Å². The maximum atomic E-state index is 10.2. The van der Waals surface area contributed by atoms with E-state index in [0.717, 1.165) is 16.7 Å². The van der Waals surface area contributed by atoms with Crippen molar-refractivity contribution in [1.29, 1.82) is 10.5 Å². The second-order valence-corrected chi connectivity index (χ2v) is 7.57. The van der Waals surface area contributed by atoms with Crippen LogP contribution in [0.3, 0.4) is 0 Å². The van der Waals surface area contributed by atoms with Gasteiger partial charge in [-0.15, -0.1) is 0 Å². The summed E-state index contributed by atoms with van der Waals surface area (Å²) in [7, 11) is 0. The van der Waals surface area contributed by atoms with Crippen molar-refractivity contribution in [3.8, 4) is 23.3 Å². The van der Waals surface area contributed by atoms with Crippen LogP contribution >= 0.6 is 0 Å². The predicted molar refractivity (Wildman–Crippen MR) is 102 cm³/mol. The van der Waals surface area contributed by atoms with Crippen LogP contribution in [0.25, 0.3) is 11.1 Å². The molecule has 28 heavy (non-hydrogen) atoms. The molecule has 5 rings (SSSR count). The molecular weight excluding hydrogens is 352 g/mol. The van der Waals surface area contributed by atoms with E-state index in [0.29, 0.717) is 13.2 Å². The maximum absolute atomic E-state index is 10.2. The number of nitriles is 2. The highest BCUT2D eigenvalue weighted by Gasteiger charge is 3.00. The molecule has 2 aromatic carbocycles. The summed E-state index contributed by atoms with van der Waals surface area (Å²) in [6, 6.07) is 22.6. The number of aliphatic imine (C=N–C) groups is 1. The quantitative estimate of drug-likeness (QED) is 0.875.